The Bertz CT molecular complexity index is 521. The van der Waals surface area contributed by atoms with E-state index in [0.717, 1.165) is 10.8 Å². The second kappa shape index (κ2) is 7.26. The van der Waals surface area contributed by atoms with E-state index in [2.05, 4.69) is 62.5 Å². The third-order valence-corrected chi connectivity index (χ3v) is 4.79. The zero-order valence-electron chi connectivity index (χ0n) is 12.3. The van der Waals surface area contributed by atoms with Gasteiger partial charge in [-0.2, -0.15) is 0 Å². The molecule has 0 spiro atoms. The normalized spacial score (nSPS) is 14.4. The van der Waals surface area contributed by atoms with E-state index in [-0.39, 0.29) is 0 Å². The predicted molar refractivity (Wildman–Crippen MR) is 89.5 cm³/mol. The number of hydrogen-bond donors (Lipinski definition) is 1. The molecule has 2 aromatic rings. The molecule has 1 nitrogen and oxygen atoms in total. The molecule has 0 amide bonds. The Hall–Kier alpha value is -0.830. The molecule has 0 aliphatic rings. The van der Waals surface area contributed by atoms with Gasteiger partial charge in [-0.25, -0.2) is 0 Å². The van der Waals surface area contributed by atoms with Gasteiger partial charge in [0.05, 0.1) is 4.34 Å². The molecular weight excluding hydrogens is 286 g/mol. The lowest BCUT2D eigenvalue weighted by Crippen LogP contribution is -2.25. The monoisotopic (exact) mass is 307 g/mol. The van der Waals surface area contributed by atoms with Crippen molar-refractivity contribution in [2.45, 2.75) is 39.3 Å². The molecule has 1 N–H and O–H groups in total. The van der Waals surface area contributed by atoms with E-state index in [1.54, 1.807) is 11.3 Å². The van der Waals surface area contributed by atoms with Crippen LogP contribution in [0.5, 0.6) is 0 Å². The van der Waals surface area contributed by atoms with Gasteiger partial charge >= 0.3 is 0 Å². The highest BCUT2D eigenvalue weighted by molar-refractivity contribution is 7.16. The van der Waals surface area contributed by atoms with E-state index in [4.69, 9.17) is 11.6 Å². The first-order chi connectivity index (χ1) is 9.56. The fraction of sp³-hybridized carbons (Fsp3) is 0.412. The highest BCUT2D eigenvalue weighted by Crippen LogP contribution is 2.30. The number of halogens is 1. The van der Waals surface area contributed by atoms with Crippen LogP contribution in [0.15, 0.2) is 42.5 Å². The van der Waals surface area contributed by atoms with Crippen LogP contribution in [0.3, 0.4) is 0 Å². The van der Waals surface area contributed by atoms with Gasteiger partial charge in [-0.05, 0) is 37.0 Å². The average molecular weight is 308 g/mol. The summed E-state index contributed by atoms with van der Waals surface area (Å²) in [5.41, 5.74) is 1.36. The van der Waals surface area contributed by atoms with Crippen molar-refractivity contribution in [2.24, 2.45) is 5.92 Å². The van der Waals surface area contributed by atoms with Gasteiger partial charge in [0.25, 0.3) is 0 Å². The fourth-order valence-electron chi connectivity index (χ4n) is 2.40. The van der Waals surface area contributed by atoms with Crippen LogP contribution < -0.4 is 5.32 Å². The summed E-state index contributed by atoms with van der Waals surface area (Å²) in [5.74, 6) is 0.659. The molecule has 0 saturated heterocycles. The summed E-state index contributed by atoms with van der Waals surface area (Å²) in [4.78, 5) is 1.29. The van der Waals surface area contributed by atoms with Gasteiger partial charge in [-0.15, -0.1) is 11.3 Å². The van der Waals surface area contributed by atoms with Crippen molar-refractivity contribution in [1.29, 1.82) is 0 Å². The first-order valence-corrected chi connectivity index (χ1v) is 8.32. The van der Waals surface area contributed by atoms with Crippen LogP contribution >= 0.6 is 22.9 Å². The van der Waals surface area contributed by atoms with Crippen molar-refractivity contribution in [3.8, 4) is 0 Å². The number of hydrogen-bond acceptors (Lipinski definition) is 2. The molecule has 1 heterocycles. The Morgan fingerprint density at radius 2 is 1.75 bits per heavy atom. The summed E-state index contributed by atoms with van der Waals surface area (Å²) in [6.45, 7) is 6.74. The summed E-state index contributed by atoms with van der Waals surface area (Å²) in [7, 11) is 0. The SMILES string of the molecule is CC(C)CC(NC(C)c1ccc(Cl)s1)c1ccccc1. The molecule has 2 unspecified atom stereocenters. The molecule has 0 saturated carbocycles. The van der Waals surface area contributed by atoms with Crippen molar-refractivity contribution < 1.29 is 0 Å². The molecule has 20 heavy (non-hydrogen) atoms. The van der Waals surface area contributed by atoms with E-state index in [9.17, 15) is 0 Å². The van der Waals surface area contributed by atoms with E-state index >= 15 is 0 Å². The first-order valence-electron chi connectivity index (χ1n) is 7.12. The van der Waals surface area contributed by atoms with Gasteiger partial charge in [0.15, 0.2) is 0 Å². The Morgan fingerprint density at radius 1 is 1.05 bits per heavy atom. The second-order valence-corrected chi connectivity index (χ2v) is 7.37. The third kappa shape index (κ3) is 4.34. The van der Waals surface area contributed by atoms with Gasteiger partial charge in [-0.1, -0.05) is 55.8 Å². The largest absolute Gasteiger partial charge is 0.303 e. The zero-order valence-corrected chi connectivity index (χ0v) is 13.8. The van der Waals surface area contributed by atoms with Gasteiger partial charge in [0.2, 0.25) is 0 Å². The topological polar surface area (TPSA) is 12.0 Å². The van der Waals surface area contributed by atoms with Crippen LogP contribution in [0.4, 0.5) is 0 Å². The average Bonchev–Trinajstić information content (AvgIpc) is 2.85. The minimum absolute atomic E-state index is 0.316. The number of benzene rings is 1. The smallest absolute Gasteiger partial charge is 0.0931 e. The molecule has 0 bridgehead atoms. The van der Waals surface area contributed by atoms with Crippen LogP contribution in [0, 0.1) is 5.92 Å². The summed E-state index contributed by atoms with van der Waals surface area (Å²) in [5, 5.41) is 3.75. The van der Waals surface area contributed by atoms with E-state index in [0.29, 0.717) is 18.0 Å². The van der Waals surface area contributed by atoms with Gasteiger partial charge in [-0.3, -0.25) is 0 Å². The summed E-state index contributed by atoms with van der Waals surface area (Å²) in [6, 6.07) is 15.5. The molecule has 2 atom stereocenters. The number of rotatable bonds is 6. The van der Waals surface area contributed by atoms with Crippen molar-refractivity contribution in [2.75, 3.05) is 0 Å². The van der Waals surface area contributed by atoms with E-state index in [1.165, 1.54) is 10.4 Å². The fourth-order valence-corrected chi connectivity index (χ4v) is 3.47. The maximum Gasteiger partial charge on any atom is 0.0931 e. The van der Waals surface area contributed by atoms with Crippen molar-refractivity contribution in [3.05, 3.63) is 57.2 Å². The molecule has 0 aliphatic carbocycles. The standard InChI is InChI=1S/C17H22ClNS/c1-12(2)11-15(14-7-5-4-6-8-14)19-13(3)16-9-10-17(18)20-16/h4-10,12-13,15,19H,11H2,1-3H3. The van der Waals surface area contributed by atoms with Crippen molar-refractivity contribution in [3.63, 3.8) is 0 Å². The minimum Gasteiger partial charge on any atom is -0.303 e. The van der Waals surface area contributed by atoms with Crippen LogP contribution in [0.1, 0.15) is 49.7 Å². The molecule has 0 aliphatic heterocycles. The number of nitrogens with one attached hydrogen (secondary N) is 1. The van der Waals surface area contributed by atoms with Crippen molar-refractivity contribution in [1.82, 2.24) is 5.32 Å². The van der Waals surface area contributed by atoms with Crippen LogP contribution in [-0.2, 0) is 0 Å². The molecule has 1 aromatic carbocycles. The van der Waals surface area contributed by atoms with Crippen LogP contribution in [0.2, 0.25) is 4.34 Å². The number of thiophene rings is 1. The quantitative estimate of drug-likeness (QED) is 0.707. The van der Waals surface area contributed by atoms with Gasteiger partial charge in [0, 0.05) is 17.0 Å². The maximum atomic E-state index is 6.03. The lowest BCUT2D eigenvalue weighted by Gasteiger charge is -2.25. The van der Waals surface area contributed by atoms with Crippen LogP contribution in [0.25, 0.3) is 0 Å². The van der Waals surface area contributed by atoms with E-state index < -0.39 is 0 Å². The molecule has 108 valence electrons. The lowest BCUT2D eigenvalue weighted by molar-refractivity contribution is 0.396. The summed E-state index contributed by atoms with van der Waals surface area (Å²) in [6.07, 6.45) is 1.13. The van der Waals surface area contributed by atoms with Gasteiger partial charge in [0.1, 0.15) is 0 Å². The van der Waals surface area contributed by atoms with Gasteiger partial charge < -0.3 is 5.32 Å². The Kier molecular flexibility index (Phi) is 5.64. The predicted octanol–water partition coefficient (Wildman–Crippen LogP) is 5.84. The Labute approximate surface area is 131 Å². The van der Waals surface area contributed by atoms with E-state index in [1.807, 2.05) is 6.07 Å². The molecule has 2 rings (SSSR count). The molecule has 3 heteroatoms. The highest BCUT2D eigenvalue weighted by Gasteiger charge is 2.17. The molecule has 0 fully saturated rings. The second-order valence-electron chi connectivity index (χ2n) is 5.62. The van der Waals surface area contributed by atoms with Crippen LogP contribution in [-0.4, -0.2) is 0 Å². The maximum absolute atomic E-state index is 6.03. The Morgan fingerprint density at radius 3 is 2.30 bits per heavy atom. The van der Waals surface area contributed by atoms with Crippen molar-refractivity contribution >= 4 is 22.9 Å². The first kappa shape index (κ1) is 15.6. The minimum atomic E-state index is 0.316. The summed E-state index contributed by atoms with van der Waals surface area (Å²) >= 11 is 7.69. The molecular formula is C17H22ClNS. The third-order valence-electron chi connectivity index (χ3n) is 3.38. The Balaban J connectivity index is 2.11. The highest BCUT2D eigenvalue weighted by atomic mass is 35.5. The zero-order chi connectivity index (χ0) is 14.5. The lowest BCUT2D eigenvalue weighted by atomic mass is 9.96. The summed E-state index contributed by atoms with van der Waals surface area (Å²) < 4.78 is 0.855. The molecule has 0 radical (unpaired) electrons. The molecule has 1 aromatic heterocycles.